The van der Waals surface area contributed by atoms with Crippen LogP contribution in [-0.2, 0) is 0 Å². The third-order valence-electron chi connectivity index (χ3n) is 2.81. The van der Waals surface area contributed by atoms with Crippen LogP contribution in [0.15, 0.2) is 29.2 Å². The maximum atomic E-state index is 6.12. The van der Waals surface area contributed by atoms with Crippen molar-refractivity contribution in [2.75, 3.05) is 5.75 Å². The first-order valence-corrected chi connectivity index (χ1v) is 7.51. The lowest BCUT2D eigenvalue weighted by atomic mass is 10.0. The van der Waals surface area contributed by atoms with Crippen LogP contribution in [0, 0.1) is 12.8 Å². The number of hydrogen-bond donors (Lipinski definition) is 1. The monoisotopic (exact) mass is 251 g/mol. The molecule has 0 heterocycles. The molecule has 1 unspecified atom stereocenters. The van der Waals surface area contributed by atoms with Gasteiger partial charge in [-0.15, -0.1) is 11.8 Å². The molecule has 17 heavy (non-hydrogen) atoms. The van der Waals surface area contributed by atoms with E-state index in [-0.39, 0.29) is 0 Å². The lowest BCUT2D eigenvalue weighted by molar-refractivity contribution is 0.513. The van der Waals surface area contributed by atoms with Crippen molar-refractivity contribution in [1.82, 2.24) is 0 Å². The smallest absolute Gasteiger partial charge is 0.0133 e. The zero-order chi connectivity index (χ0) is 12.7. The molecular formula is C15H25NS. The van der Waals surface area contributed by atoms with Crippen LogP contribution in [0.4, 0.5) is 0 Å². The average Bonchev–Trinajstić information content (AvgIpc) is 2.26. The van der Waals surface area contributed by atoms with Crippen LogP contribution < -0.4 is 5.73 Å². The highest BCUT2D eigenvalue weighted by Crippen LogP contribution is 2.20. The van der Waals surface area contributed by atoms with Crippen molar-refractivity contribution >= 4 is 11.8 Å². The summed E-state index contributed by atoms with van der Waals surface area (Å²) >= 11 is 1.88. The van der Waals surface area contributed by atoms with Crippen LogP contribution in [-0.4, -0.2) is 11.8 Å². The SMILES string of the molecule is Cc1cccc(SCC(N)CCCC(C)C)c1. The van der Waals surface area contributed by atoms with Crippen molar-refractivity contribution in [3.05, 3.63) is 29.8 Å². The molecule has 0 aliphatic carbocycles. The fraction of sp³-hybridized carbons (Fsp3) is 0.600. The Morgan fingerprint density at radius 2 is 2.00 bits per heavy atom. The molecule has 0 aromatic heterocycles. The van der Waals surface area contributed by atoms with E-state index in [9.17, 15) is 0 Å². The predicted octanol–water partition coefficient (Wildman–Crippen LogP) is 4.24. The molecule has 1 aromatic rings. The maximum absolute atomic E-state index is 6.12. The molecule has 96 valence electrons. The molecule has 0 spiro atoms. The summed E-state index contributed by atoms with van der Waals surface area (Å²) in [6, 6.07) is 8.97. The molecule has 0 amide bonds. The van der Waals surface area contributed by atoms with Gasteiger partial charge in [0.15, 0.2) is 0 Å². The summed E-state index contributed by atoms with van der Waals surface area (Å²) in [5, 5.41) is 0. The zero-order valence-electron chi connectivity index (χ0n) is 11.3. The van der Waals surface area contributed by atoms with Gasteiger partial charge in [0.25, 0.3) is 0 Å². The van der Waals surface area contributed by atoms with E-state index in [1.54, 1.807) is 0 Å². The number of rotatable bonds is 7. The minimum absolute atomic E-state index is 0.333. The Bertz CT molecular complexity index is 322. The van der Waals surface area contributed by atoms with Gasteiger partial charge in [-0.1, -0.05) is 44.4 Å². The Kier molecular flexibility index (Phi) is 6.68. The summed E-state index contributed by atoms with van der Waals surface area (Å²) in [4.78, 5) is 1.34. The number of hydrogen-bond acceptors (Lipinski definition) is 2. The van der Waals surface area contributed by atoms with Gasteiger partial charge in [0.2, 0.25) is 0 Å². The molecule has 0 aliphatic rings. The molecule has 1 atom stereocenters. The quantitative estimate of drug-likeness (QED) is 0.733. The Balaban J connectivity index is 2.21. The van der Waals surface area contributed by atoms with Crippen molar-refractivity contribution in [3.63, 3.8) is 0 Å². The Morgan fingerprint density at radius 1 is 1.24 bits per heavy atom. The third kappa shape index (κ3) is 6.75. The van der Waals surface area contributed by atoms with Crippen LogP contribution in [0.1, 0.15) is 38.7 Å². The van der Waals surface area contributed by atoms with Crippen molar-refractivity contribution in [3.8, 4) is 0 Å². The van der Waals surface area contributed by atoms with E-state index in [1.807, 2.05) is 11.8 Å². The van der Waals surface area contributed by atoms with E-state index < -0.39 is 0 Å². The lowest BCUT2D eigenvalue weighted by Gasteiger charge is -2.12. The standard InChI is InChI=1S/C15H25NS/c1-12(2)6-4-8-14(16)11-17-15-9-5-7-13(3)10-15/h5,7,9-10,12,14H,4,6,8,11,16H2,1-3H3. The minimum atomic E-state index is 0.333. The molecule has 2 N–H and O–H groups in total. The van der Waals surface area contributed by atoms with Crippen molar-refractivity contribution < 1.29 is 0 Å². The van der Waals surface area contributed by atoms with Crippen molar-refractivity contribution in [2.24, 2.45) is 11.7 Å². The molecule has 0 aliphatic heterocycles. The van der Waals surface area contributed by atoms with Crippen LogP contribution in [0.3, 0.4) is 0 Å². The largest absolute Gasteiger partial charge is 0.327 e. The topological polar surface area (TPSA) is 26.0 Å². The highest BCUT2D eigenvalue weighted by atomic mass is 32.2. The van der Waals surface area contributed by atoms with Gasteiger partial charge in [-0.05, 0) is 31.4 Å². The summed E-state index contributed by atoms with van der Waals surface area (Å²) in [5.41, 5.74) is 7.45. The van der Waals surface area contributed by atoms with E-state index >= 15 is 0 Å². The third-order valence-corrected chi connectivity index (χ3v) is 3.99. The molecule has 1 aromatic carbocycles. The summed E-state index contributed by atoms with van der Waals surface area (Å²) in [7, 11) is 0. The zero-order valence-corrected chi connectivity index (χ0v) is 12.1. The summed E-state index contributed by atoms with van der Waals surface area (Å²) in [5.74, 6) is 1.83. The first-order valence-electron chi connectivity index (χ1n) is 6.53. The average molecular weight is 251 g/mol. The second kappa shape index (κ2) is 7.78. The fourth-order valence-electron chi connectivity index (χ4n) is 1.78. The van der Waals surface area contributed by atoms with Crippen LogP contribution in [0.5, 0.6) is 0 Å². The van der Waals surface area contributed by atoms with Crippen LogP contribution in [0.2, 0.25) is 0 Å². The van der Waals surface area contributed by atoms with Gasteiger partial charge in [-0.2, -0.15) is 0 Å². The number of thioether (sulfide) groups is 1. The highest BCUT2D eigenvalue weighted by Gasteiger charge is 2.04. The molecule has 0 saturated carbocycles. The van der Waals surface area contributed by atoms with E-state index in [4.69, 9.17) is 5.73 Å². The van der Waals surface area contributed by atoms with Gasteiger partial charge in [0.05, 0.1) is 0 Å². The molecular weight excluding hydrogens is 226 g/mol. The Hall–Kier alpha value is -0.470. The first kappa shape index (κ1) is 14.6. The van der Waals surface area contributed by atoms with Gasteiger partial charge in [-0.25, -0.2) is 0 Å². The number of nitrogens with two attached hydrogens (primary N) is 1. The van der Waals surface area contributed by atoms with Gasteiger partial charge < -0.3 is 5.73 Å². The summed E-state index contributed by atoms with van der Waals surface area (Å²) in [6.45, 7) is 6.67. The number of aryl methyl sites for hydroxylation is 1. The van der Waals surface area contributed by atoms with Gasteiger partial charge in [0.1, 0.15) is 0 Å². The van der Waals surface area contributed by atoms with Gasteiger partial charge >= 0.3 is 0 Å². The summed E-state index contributed by atoms with van der Waals surface area (Å²) in [6.07, 6.45) is 3.70. The van der Waals surface area contributed by atoms with E-state index in [1.165, 1.54) is 23.3 Å². The molecule has 0 bridgehead atoms. The van der Waals surface area contributed by atoms with Gasteiger partial charge in [-0.3, -0.25) is 0 Å². The number of benzene rings is 1. The molecule has 2 heteroatoms. The van der Waals surface area contributed by atoms with Crippen molar-refractivity contribution in [1.29, 1.82) is 0 Å². The second-order valence-electron chi connectivity index (χ2n) is 5.21. The van der Waals surface area contributed by atoms with Crippen LogP contribution in [0.25, 0.3) is 0 Å². The lowest BCUT2D eigenvalue weighted by Crippen LogP contribution is -2.22. The fourth-order valence-corrected chi connectivity index (χ4v) is 2.80. The minimum Gasteiger partial charge on any atom is -0.327 e. The molecule has 1 nitrogen and oxygen atoms in total. The molecule has 0 saturated heterocycles. The van der Waals surface area contributed by atoms with Gasteiger partial charge in [0, 0.05) is 16.7 Å². The first-order chi connectivity index (χ1) is 8.08. The maximum Gasteiger partial charge on any atom is 0.0133 e. The van der Waals surface area contributed by atoms with E-state index in [0.29, 0.717) is 6.04 Å². The van der Waals surface area contributed by atoms with E-state index in [0.717, 1.165) is 18.1 Å². The predicted molar refractivity (Wildman–Crippen MR) is 78.6 cm³/mol. The molecule has 0 radical (unpaired) electrons. The van der Waals surface area contributed by atoms with Crippen molar-refractivity contribution in [2.45, 2.75) is 51.0 Å². The normalized spacial score (nSPS) is 13.0. The molecule has 0 fully saturated rings. The van der Waals surface area contributed by atoms with Crippen LogP contribution >= 0.6 is 11.8 Å². The molecule has 1 rings (SSSR count). The van der Waals surface area contributed by atoms with E-state index in [2.05, 4.69) is 45.0 Å². The Labute approximate surface area is 110 Å². The highest BCUT2D eigenvalue weighted by molar-refractivity contribution is 7.99. The summed E-state index contributed by atoms with van der Waals surface area (Å²) < 4.78 is 0. The Morgan fingerprint density at radius 3 is 2.65 bits per heavy atom. The second-order valence-corrected chi connectivity index (χ2v) is 6.31.